The van der Waals surface area contributed by atoms with Crippen LogP contribution in [0.4, 0.5) is 5.69 Å². The lowest BCUT2D eigenvalue weighted by Gasteiger charge is -2.33. The lowest BCUT2D eigenvalue weighted by molar-refractivity contribution is -0.139. The molecule has 208 valence electrons. The average Bonchev–Trinajstić information content (AvgIpc) is 2.86. The summed E-state index contributed by atoms with van der Waals surface area (Å²) in [6, 6.07) is 18.0. The van der Waals surface area contributed by atoms with E-state index in [-0.39, 0.29) is 23.4 Å². The fourth-order valence-electron chi connectivity index (χ4n) is 4.21. The number of carbonyl (C=O) groups is 2. The lowest BCUT2D eigenvalue weighted by atomic mass is 10.1. The second kappa shape index (κ2) is 12.7. The third kappa shape index (κ3) is 7.40. The first-order valence-electron chi connectivity index (χ1n) is 12.8. The third-order valence-electron chi connectivity index (χ3n) is 6.52. The summed E-state index contributed by atoms with van der Waals surface area (Å²) in [7, 11) is -4.14. The summed E-state index contributed by atoms with van der Waals surface area (Å²) in [5.74, 6) is -0.822. The fraction of sp³-hybridized carbons (Fsp3) is 0.333. The highest BCUT2D eigenvalue weighted by Crippen LogP contribution is 2.29. The molecule has 3 aromatic rings. The number of nitrogens with one attached hydrogen (secondary N) is 1. The molecule has 3 rings (SSSR count). The van der Waals surface area contributed by atoms with Gasteiger partial charge in [0, 0.05) is 17.6 Å². The molecule has 0 fully saturated rings. The molecule has 0 radical (unpaired) electrons. The molecule has 0 spiro atoms. The lowest BCUT2D eigenvalue weighted by Crippen LogP contribution is -2.52. The highest BCUT2D eigenvalue weighted by Gasteiger charge is 2.33. The van der Waals surface area contributed by atoms with Crippen LogP contribution in [0.15, 0.2) is 71.6 Å². The van der Waals surface area contributed by atoms with E-state index in [0.717, 1.165) is 21.0 Å². The minimum Gasteiger partial charge on any atom is -0.352 e. The van der Waals surface area contributed by atoms with Crippen molar-refractivity contribution in [2.45, 2.75) is 65.1 Å². The fourth-order valence-corrected chi connectivity index (χ4v) is 5.91. The van der Waals surface area contributed by atoms with Crippen LogP contribution in [0, 0.1) is 20.8 Å². The molecule has 0 heterocycles. The van der Waals surface area contributed by atoms with Gasteiger partial charge < -0.3 is 10.2 Å². The maximum absolute atomic E-state index is 14.0. The van der Waals surface area contributed by atoms with Gasteiger partial charge in [-0.15, -0.1) is 0 Å². The van der Waals surface area contributed by atoms with E-state index in [4.69, 9.17) is 11.6 Å². The molecule has 3 aromatic carbocycles. The molecule has 0 aliphatic heterocycles. The van der Waals surface area contributed by atoms with Crippen LogP contribution < -0.4 is 9.62 Å². The van der Waals surface area contributed by atoms with Crippen molar-refractivity contribution >= 4 is 39.1 Å². The summed E-state index contributed by atoms with van der Waals surface area (Å²) >= 11 is 6.16. The zero-order valence-corrected chi connectivity index (χ0v) is 24.8. The van der Waals surface area contributed by atoms with Crippen molar-refractivity contribution in [2.24, 2.45) is 0 Å². The van der Waals surface area contributed by atoms with Gasteiger partial charge in [-0.05, 0) is 88.6 Å². The molecule has 39 heavy (non-hydrogen) atoms. The van der Waals surface area contributed by atoms with E-state index >= 15 is 0 Å². The van der Waals surface area contributed by atoms with Crippen LogP contribution in [-0.2, 0) is 26.2 Å². The molecule has 0 bridgehead atoms. The first kappa shape index (κ1) is 30.2. The number of anilines is 1. The maximum Gasteiger partial charge on any atom is 0.264 e. The molecule has 0 saturated carbocycles. The van der Waals surface area contributed by atoms with Gasteiger partial charge in [-0.2, -0.15) is 0 Å². The van der Waals surface area contributed by atoms with E-state index in [2.05, 4.69) is 5.32 Å². The molecule has 0 aliphatic rings. The van der Waals surface area contributed by atoms with Crippen LogP contribution in [0.3, 0.4) is 0 Å². The smallest absolute Gasteiger partial charge is 0.264 e. The Morgan fingerprint density at radius 1 is 0.897 bits per heavy atom. The van der Waals surface area contributed by atoms with Crippen LogP contribution in [0.1, 0.15) is 43.0 Å². The van der Waals surface area contributed by atoms with Gasteiger partial charge in [0.1, 0.15) is 12.6 Å². The Morgan fingerprint density at radius 2 is 1.54 bits per heavy atom. The second-order valence-electron chi connectivity index (χ2n) is 10.0. The van der Waals surface area contributed by atoms with Gasteiger partial charge in [0.25, 0.3) is 10.0 Å². The van der Waals surface area contributed by atoms with E-state index in [1.165, 1.54) is 17.0 Å². The van der Waals surface area contributed by atoms with Crippen molar-refractivity contribution in [3.8, 4) is 0 Å². The zero-order valence-electron chi connectivity index (χ0n) is 23.2. The Bertz CT molecular complexity index is 1440. The number of aryl methyl sites for hydroxylation is 3. The highest BCUT2D eigenvalue weighted by molar-refractivity contribution is 7.92. The van der Waals surface area contributed by atoms with Crippen molar-refractivity contribution in [3.05, 3.63) is 94.0 Å². The number of carbonyl (C=O) groups excluding carboxylic acids is 2. The molecule has 0 aliphatic carbocycles. The van der Waals surface area contributed by atoms with Gasteiger partial charge in [0.15, 0.2) is 0 Å². The van der Waals surface area contributed by atoms with E-state index < -0.39 is 28.5 Å². The van der Waals surface area contributed by atoms with Gasteiger partial charge in [0.05, 0.1) is 10.6 Å². The van der Waals surface area contributed by atoms with Gasteiger partial charge in [-0.3, -0.25) is 13.9 Å². The van der Waals surface area contributed by atoms with Gasteiger partial charge >= 0.3 is 0 Å². The minimum atomic E-state index is -4.14. The summed E-state index contributed by atoms with van der Waals surface area (Å²) in [5, 5.41) is 3.31. The molecule has 2 amide bonds. The molecule has 1 N–H and O–H groups in total. The molecule has 0 saturated heterocycles. The Hall–Kier alpha value is -3.36. The Balaban J connectivity index is 2.08. The Labute approximate surface area is 236 Å². The topological polar surface area (TPSA) is 86.8 Å². The summed E-state index contributed by atoms with van der Waals surface area (Å²) in [5.41, 5.74) is 3.68. The highest BCUT2D eigenvalue weighted by atomic mass is 35.5. The van der Waals surface area contributed by atoms with E-state index in [1.807, 2.05) is 52.0 Å². The van der Waals surface area contributed by atoms with Crippen molar-refractivity contribution in [2.75, 3.05) is 10.8 Å². The number of sulfonamides is 1. The second-order valence-corrected chi connectivity index (χ2v) is 12.3. The van der Waals surface area contributed by atoms with E-state index in [1.54, 1.807) is 44.2 Å². The monoisotopic (exact) mass is 569 g/mol. The molecular weight excluding hydrogens is 534 g/mol. The van der Waals surface area contributed by atoms with Gasteiger partial charge in [0.2, 0.25) is 11.8 Å². The summed E-state index contributed by atoms with van der Waals surface area (Å²) in [6.07, 6.45) is 0. The number of benzene rings is 3. The predicted molar refractivity (Wildman–Crippen MR) is 156 cm³/mol. The number of rotatable bonds is 10. The van der Waals surface area contributed by atoms with Crippen LogP contribution >= 0.6 is 11.6 Å². The molecule has 1 unspecified atom stereocenters. The number of halogens is 1. The van der Waals surface area contributed by atoms with Gasteiger partial charge in [-0.1, -0.05) is 53.6 Å². The Morgan fingerprint density at radius 3 is 2.13 bits per heavy atom. The molecule has 9 heteroatoms. The van der Waals surface area contributed by atoms with Crippen molar-refractivity contribution in [1.29, 1.82) is 0 Å². The van der Waals surface area contributed by atoms with Crippen LogP contribution in [0.25, 0.3) is 0 Å². The van der Waals surface area contributed by atoms with E-state index in [9.17, 15) is 18.0 Å². The van der Waals surface area contributed by atoms with Gasteiger partial charge in [-0.25, -0.2) is 8.42 Å². The van der Waals surface area contributed by atoms with E-state index in [0.29, 0.717) is 16.3 Å². The molecule has 0 aromatic heterocycles. The number of nitrogens with zero attached hydrogens (tertiary/aromatic N) is 2. The third-order valence-corrected chi connectivity index (χ3v) is 8.52. The number of hydrogen-bond donors (Lipinski definition) is 1. The standard InChI is InChI=1S/C30H36ClN3O4S/c1-20(2)32-30(36)24(6)33(18-25-10-8-7-9-22(25)4)29(35)19-34(28-16-13-26(31)17-23(28)5)39(37,38)27-14-11-21(3)12-15-27/h7-17,20,24H,18-19H2,1-6H3,(H,32,36). The normalized spacial score (nSPS) is 12.2. The SMILES string of the molecule is Cc1ccc(S(=O)(=O)N(CC(=O)N(Cc2ccccc2C)C(C)C(=O)NC(C)C)c2ccc(Cl)cc2C)cc1. The largest absolute Gasteiger partial charge is 0.352 e. The molecule has 7 nitrogen and oxygen atoms in total. The maximum atomic E-state index is 14.0. The van der Waals surface area contributed by atoms with Crippen LogP contribution in [0.5, 0.6) is 0 Å². The predicted octanol–water partition coefficient (Wildman–Crippen LogP) is 5.40. The van der Waals surface area contributed by atoms with Crippen molar-refractivity contribution < 1.29 is 18.0 Å². The minimum absolute atomic E-state index is 0.0614. The number of hydrogen-bond acceptors (Lipinski definition) is 4. The van der Waals surface area contributed by atoms with Crippen molar-refractivity contribution in [1.82, 2.24) is 10.2 Å². The number of amides is 2. The zero-order chi connectivity index (χ0) is 28.9. The summed E-state index contributed by atoms with van der Waals surface area (Å²) in [6.45, 7) is 10.5. The molecule has 1 atom stereocenters. The first-order valence-corrected chi connectivity index (χ1v) is 14.6. The summed E-state index contributed by atoms with van der Waals surface area (Å²) in [4.78, 5) is 28.5. The Kier molecular flexibility index (Phi) is 9.80. The average molecular weight is 570 g/mol. The summed E-state index contributed by atoms with van der Waals surface area (Å²) < 4.78 is 29.0. The quantitative estimate of drug-likeness (QED) is 0.354. The van der Waals surface area contributed by atoms with Crippen LogP contribution in [0.2, 0.25) is 5.02 Å². The van der Waals surface area contributed by atoms with Crippen molar-refractivity contribution in [3.63, 3.8) is 0 Å². The first-order chi connectivity index (χ1) is 18.3. The van der Waals surface area contributed by atoms with Crippen LogP contribution in [-0.4, -0.2) is 43.8 Å². The molecular formula is C30H36ClN3O4S.